The van der Waals surface area contributed by atoms with Crippen molar-refractivity contribution >= 4 is 17.3 Å². The van der Waals surface area contributed by atoms with Gasteiger partial charge >= 0.3 is 0 Å². The van der Waals surface area contributed by atoms with E-state index in [1.165, 1.54) is 0 Å². The molecular formula is C14H16O2. The molecule has 2 nitrogen and oxygen atoms in total. The molecule has 0 saturated carbocycles. The van der Waals surface area contributed by atoms with Crippen molar-refractivity contribution in [3.63, 3.8) is 0 Å². The van der Waals surface area contributed by atoms with Gasteiger partial charge in [0.25, 0.3) is 0 Å². The smallest absolute Gasteiger partial charge is 0.134 e. The molecule has 0 bridgehead atoms. The molecule has 84 valence electrons. The number of rotatable bonds is 2. The van der Waals surface area contributed by atoms with Gasteiger partial charge in [0.15, 0.2) is 0 Å². The number of carbonyl (C=O) groups is 1. The number of fused-ring (bicyclic) bond motifs is 1. The van der Waals surface area contributed by atoms with Crippen molar-refractivity contribution in [1.29, 1.82) is 0 Å². The molecule has 0 saturated heterocycles. The third kappa shape index (κ3) is 1.87. The van der Waals surface area contributed by atoms with Crippen LogP contribution in [-0.4, -0.2) is 6.29 Å². The fourth-order valence-electron chi connectivity index (χ4n) is 1.85. The highest BCUT2D eigenvalue weighted by atomic mass is 16.3. The van der Waals surface area contributed by atoms with Crippen molar-refractivity contribution < 1.29 is 9.21 Å². The summed E-state index contributed by atoms with van der Waals surface area (Å²) in [4.78, 5) is 11.2. The van der Waals surface area contributed by atoms with Crippen LogP contribution in [0.25, 0.3) is 11.0 Å². The highest BCUT2D eigenvalue weighted by Crippen LogP contribution is 2.35. The van der Waals surface area contributed by atoms with Crippen LogP contribution in [-0.2, 0) is 4.79 Å². The third-order valence-corrected chi connectivity index (χ3v) is 2.82. The molecule has 2 heteroatoms. The van der Waals surface area contributed by atoms with Gasteiger partial charge in [-0.1, -0.05) is 39.0 Å². The van der Waals surface area contributed by atoms with Crippen molar-refractivity contribution in [2.75, 3.05) is 0 Å². The topological polar surface area (TPSA) is 30.2 Å². The Labute approximate surface area is 95.3 Å². The zero-order valence-electron chi connectivity index (χ0n) is 9.86. The van der Waals surface area contributed by atoms with Crippen molar-refractivity contribution in [2.45, 2.75) is 26.7 Å². The summed E-state index contributed by atoms with van der Waals surface area (Å²) >= 11 is 0. The van der Waals surface area contributed by atoms with E-state index in [0.717, 1.165) is 23.0 Å². The van der Waals surface area contributed by atoms with Gasteiger partial charge in [-0.3, -0.25) is 0 Å². The predicted octanol–water partition coefficient (Wildman–Crippen LogP) is 3.76. The van der Waals surface area contributed by atoms with E-state index in [-0.39, 0.29) is 11.3 Å². The van der Waals surface area contributed by atoms with E-state index in [4.69, 9.17) is 4.42 Å². The van der Waals surface area contributed by atoms with Gasteiger partial charge in [-0.05, 0) is 17.5 Å². The first-order chi connectivity index (χ1) is 7.52. The van der Waals surface area contributed by atoms with Crippen LogP contribution in [0, 0.1) is 5.41 Å². The molecule has 16 heavy (non-hydrogen) atoms. The first kappa shape index (κ1) is 10.9. The van der Waals surface area contributed by atoms with Crippen molar-refractivity contribution in [2.24, 2.45) is 5.41 Å². The third-order valence-electron chi connectivity index (χ3n) is 2.82. The van der Waals surface area contributed by atoms with Gasteiger partial charge in [-0.2, -0.15) is 0 Å². The van der Waals surface area contributed by atoms with Gasteiger partial charge in [0.2, 0.25) is 0 Å². The van der Waals surface area contributed by atoms with Gasteiger partial charge in [0.1, 0.15) is 17.6 Å². The SMILES string of the molecule is CC(C)(C)C(C=O)c1cc2ccccc2o1. The van der Waals surface area contributed by atoms with Crippen LogP contribution in [0.1, 0.15) is 32.4 Å². The van der Waals surface area contributed by atoms with E-state index >= 15 is 0 Å². The second-order valence-corrected chi connectivity index (χ2v) is 5.17. The average Bonchev–Trinajstić information content (AvgIpc) is 2.59. The van der Waals surface area contributed by atoms with E-state index in [9.17, 15) is 4.79 Å². The van der Waals surface area contributed by atoms with E-state index in [2.05, 4.69) is 0 Å². The number of carbonyl (C=O) groups excluding carboxylic acids is 1. The lowest BCUT2D eigenvalue weighted by molar-refractivity contribution is -0.111. The molecule has 1 unspecified atom stereocenters. The van der Waals surface area contributed by atoms with Gasteiger partial charge in [0, 0.05) is 5.39 Å². The molecule has 0 amide bonds. The summed E-state index contributed by atoms with van der Waals surface area (Å²) in [6.07, 6.45) is 0.970. The molecule has 2 aromatic rings. The van der Waals surface area contributed by atoms with E-state index < -0.39 is 0 Å². The predicted molar refractivity (Wildman–Crippen MR) is 64.5 cm³/mol. The van der Waals surface area contributed by atoms with Crippen LogP contribution in [0.15, 0.2) is 34.7 Å². The van der Waals surface area contributed by atoms with E-state index in [0.29, 0.717) is 0 Å². The first-order valence-corrected chi connectivity index (χ1v) is 5.46. The van der Waals surface area contributed by atoms with E-state index in [1.807, 2.05) is 51.1 Å². The molecule has 1 heterocycles. The summed E-state index contributed by atoms with van der Waals surface area (Å²) in [5.41, 5.74) is 0.726. The molecular weight excluding hydrogens is 200 g/mol. The summed E-state index contributed by atoms with van der Waals surface area (Å²) in [6.45, 7) is 6.12. The standard InChI is InChI=1S/C14H16O2/c1-14(2,3)11(9-15)13-8-10-6-4-5-7-12(10)16-13/h4-9,11H,1-3H3. The van der Waals surface area contributed by atoms with Crippen LogP contribution >= 0.6 is 0 Å². The quantitative estimate of drug-likeness (QED) is 0.715. The fraction of sp³-hybridized carbons (Fsp3) is 0.357. The van der Waals surface area contributed by atoms with Gasteiger partial charge in [-0.15, -0.1) is 0 Å². The van der Waals surface area contributed by atoms with Crippen molar-refractivity contribution in [3.8, 4) is 0 Å². The van der Waals surface area contributed by atoms with Gasteiger partial charge < -0.3 is 9.21 Å². The zero-order valence-corrected chi connectivity index (χ0v) is 9.86. The summed E-state index contributed by atoms with van der Waals surface area (Å²) in [6, 6.07) is 9.77. The molecule has 0 aliphatic carbocycles. The highest BCUT2D eigenvalue weighted by Gasteiger charge is 2.28. The lowest BCUT2D eigenvalue weighted by atomic mass is 9.80. The molecule has 0 fully saturated rings. The molecule has 0 spiro atoms. The van der Waals surface area contributed by atoms with Gasteiger partial charge in [0.05, 0.1) is 5.92 Å². The monoisotopic (exact) mass is 216 g/mol. The Morgan fingerprint density at radius 1 is 1.25 bits per heavy atom. The Hall–Kier alpha value is -1.57. The van der Waals surface area contributed by atoms with Crippen LogP contribution in [0.2, 0.25) is 0 Å². The number of hydrogen-bond acceptors (Lipinski definition) is 2. The minimum absolute atomic E-state index is 0.115. The Balaban J connectivity index is 2.50. The molecule has 2 rings (SSSR count). The molecule has 0 aliphatic heterocycles. The van der Waals surface area contributed by atoms with Crippen LogP contribution in [0.3, 0.4) is 0 Å². The molecule has 1 aromatic carbocycles. The van der Waals surface area contributed by atoms with Gasteiger partial charge in [-0.25, -0.2) is 0 Å². The Morgan fingerprint density at radius 3 is 2.50 bits per heavy atom. The highest BCUT2D eigenvalue weighted by molar-refractivity contribution is 5.79. The first-order valence-electron chi connectivity index (χ1n) is 5.46. The summed E-state index contributed by atoms with van der Waals surface area (Å²) in [7, 11) is 0. The normalized spacial score (nSPS) is 13.9. The molecule has 1 atom stereocenters. The molecule has 0 radical (unpaired) electrons. The summed E-state index contributed by atoms with van der Waals surface area (Å²) in [5.74, 6) is 0.559. The maximum absolute atomic E-state index is 11.2. The Morgan fingerprint density at radius 2 is 1.94 bits per heavy atom. The van der Waals surface area contributed by atoms with Crippen LogP contribution in [0.5, 0.6) is 0 Å². The van der Waals surface area contributed by atoms with Crippen molar-refractivity contribution in [1.82, 2.24) is 0 Å². The number of aldehydes is 1. The van der Waals surface area contributed by atoms with Crippen LogP contribution in [0.4, 0.5) is 0 Å². The minimum atomic E-state index is -0.195. The summed E-state index contributed by atoms with van der Waals surface area (Å²) < 4.78 is 5.72. The second-order valence-electron chi connectivity index (χ2n) is 5.17. The number of benzene rings is 1. The average molecular weight is 216 g/mol. The number of hydrogen-bond donors (Lipinski definition) is 0. The minimum Gasteiger partial charge on any atom is -0.460 e. The lowest BCUT2D eigenvalue weighted by Crippen LogP contribution is -2.18. The number of para-hydroxylation sites is 1. The Kier molecular flexibility index (Phi) is 2.58. The second kappa shape index (κ2) is 3.78. The maximum atomic E-state index is 11.2. The van der Waals surface area contributed by atoms with Crippen molar-refractivity contribution in [3.05, 3.63) is 36.1 Å². The fourth-order valence-corrected chi connectivity index (χ4v) is 1.85. The molecule has 0 aliphatic rings. The largest absolute Gasteiger partial charge is 0.460 e. The summed E-state index contributed by atoms with van der Waals surface area (Å²) in [5, 5.41) is 1.05. The lowest BCUT2D eigenvalue weighted by Gasteiger charge is -2.23. The van der Waals surface area contributed by atoms with E-state index in [1.54, 1.807) is 0 Å². The molecule has 1 aromatic heterocycles. The number of furan rings is 1. The van der Waals surface area contributed by atoms with Crippen LogP contribution < -0.4 is 0 Å². The maximum Gasteiger partial charge on any atom is 0.134 e. The zero-order chi connectivity index (χ0) is 11.8. The Bertz CT molecular complexity index is 470. The molecule has 0 N–H and O–H groups in total.